The fourth-order valence-electron chi connectivity index (χ4n) is 2.17. The number of rotatable bonds is 5. The summed E-state index contributed by atoms with van der Waals surface area (Å²) in [6, 6.07) is 9.03. The maximum absolute atomic E-state index is 12.1. The van der Waals surface area contributed by atoms with Gasteiger partial charge in [-0.25, -0.2) is 4.79 Å². The topological polar surface area (TPSA) is 64.2 Å². The van der Waals surface area contributed by atoms with E-state index >= 15 is 0 Å². The third-order valence-corrected chi connectivity index (χ3v) is 3.31. The lowest BCUT2D eigenvalue weighted by Crippen LogP contribution is -2.29. The lowest BCUT2D eigenvalue weighted by atomic mass is 9.99. The zero-order valence-corrected chi connectivity index (χ0v) is 11.6. The minimum atomic E-state index is -0.930. The fraction of sp³-hybridized carbons (Fsp3) is 0.333. The standard InChI is InChI=1S/C15H18N2O3/c1-11(2)17-9-8-16(15(17)20)10-13(14(18)19)12-6-4-3-5-7-12/h3-9,11,13H,10H2,1-2H3,(H,18,19). The second-order valence-corrected chi connectivity index (χ2v) is 5.04. The summed E-state index contributed by atoms with van der Waals surface area (Å²) in [5.41, 5.74) is 0.520. The van der Waals surface area contributed by atoms with Crippen molar-refractivity contribution in [3.63, 3.8) is 0 Å². The van der Waals surface area contributed by atoms with E-state index in [0.29, 0.717) is 5.56 Å². The first kappa shape index (κ1) is 14.1. The van der Waals surface area contributed by atoms with E-state index in [4.69, 9.17) is 0 Å². The molecular formula is C15H18N2O3. The van der Waals surface area contributed by atoms with Gasteiger partial charge in [0, 0.05) is 25.0 Å². The van der Waals surface area contributed by atoms with Crippen LogP contribution < -0.4 is 5.69 Å². The molecule has 0 bridgehead atoms. The van der Waals surface area contributed by atoms with Crippen LogP contribution in [0.25, 0.3) is 0 Å². The van der Waals surface area contributed by atoms with E-state index in [1.54, 1.807) is 41.2 Å². The number of aliphatic carboxylic acids is 1. The van der Waals surface area contributed by atoms with Gasteiger partial charge in [-0.15, -0.1) is 0 Å². The summed E-state index contributed by atoms with van der Waals surface area (Å²) in [7, 11) is 0. The lowest BCUT2D eigenvalue weighted by molar-refractivity contribution is -0.139. The van der Waals surface area contributed by atoms with E-state index in [2.05, 4.69) is 0 Å². The van der Waals surface area contributed by atoms with Gasteiger partial charge >= 0.3 is 11.7 Å². The quantitative estimate of drug-likeness (QED) is 0.908. The molecule has 106 valence electrons. The van der Waals surface area contributed by atoms with Gasteiger partial charge in [0.05, 0.1) is 5.92 Å². The Bertz CT molecular complexity index is 641. The minimum Gasteiger partial charge on any atom is -0.481 e. The Kier molecular flexibility index (Phi) is 4.08. The summed E-state index contributed by atoms with van der Waals surface area (Å²) in [5.74, 6) is -1.66. The van der Waals surface area contributed by atoms with E-state index in [1.807, 2.05) is 19.9 Å². The van der Waals surface area contributed by atoms with Gasteiger partial charge in [0.2, 0.25) is 0 Å². The molecule has 2 rings (SSSR count). The van der Waals surface area contributed by atoms with Crippen LogP contribution in [-0.4, -0.2) is 20.2 Å². The number of benzene rings is 1. The van der Waals surface area contributed by atoms with E-state index in [1.165, 1.54) is 4.57 Å². The smallest absolute Gasteiger partial charge is 0.328 e. The van der Waals surface area contributed by atoms with Gasteiger partial charge in [-0.3, -0.25) is 13.9 Å². The zero-order chi connectivity index (χ0) is 14.7. The highest BCUT2D eigenvalue weighted by Gasteiger charge is 2.21. The SMILES string of the molecule is CC(C)n1ccn(CC(C(=O)O)c2ccccc2)c1=O. The van der Waals surface area contributed by atoms with Crippen molar-refractivity contribution in [3.05, 3.63) is 58.8 Å². The Labute approximate surface area is 117 Å². The minimum absolute atomic E-state index is 0.0590. The zero-order valence-electron chi connectivity index (χ0n) is 11.6. The number of hydrogen-bond acceptors (Lipinski definition) is 2. The summed E-state index contributed by atoms with van der Waals surface area (Å²) in [4.78, 5) is 23.6. The lowest BCUT2D eigenvalue weighted by Gasteiger charge is -2.13. The third kappa shape index (κ3) is 2.82. The molecule has 0 saturated carbocycles. The monoisotopic (exact) mass is 274 g/mol. The second kappa shape index (κ2) is 5.77. The van der Waals surface area contributed by atoms with Gasteiger partial charge in [0.25, 0.3) is 0 Å². The molecule has 1 aromatic heterocycles. The van der Waals surface area contributed by atoms with Gasteiger partial charge in [-0.1, -0.05) is 30.3 Å². The van der Waals surface area contributed by atoms with Crippen molar-refractivity contribution in [2.24, 2.45) is 0 Å². The number of hydrogen-bond donors (Lipinski definition) is 1. The average Bonchev–Trinajstić information content (AvgIpc) is 2.78. The summed E-state index contributed by atoms with van der Waals surface area (Å²) in [6.07, 6.45) is 3.33. The first-order valence-electron chi connectivity index (χ1n) is 6.55. The Morgan fingerprint density at radius 1 is 1.20 bits per heavy atom. The van der Waals surface area contributed by atoms with Crippen LogP contribution in [0.15, 0.2) is 47.5 Å². The third-order valence-electron chi connectivity index (χ3n) is 3.31. The van der Waals surface area contributed by atoms with Crippen molar-refractivity contribution < 1.29 is 9.90 Å². The molecule has 0 spiro atoms. The largest absolute Gasteiger partial charge is 0.481 e. The van der Waals surface area contributed by atoms with Crippen molar-refractivity contribution >= 4 is 5.97 Å². The molecule has 1 unspecified atom stereocenters. The van der Waals surface area contributed by atoms with Crippen LogP contribution in [-0.2, 0) is 11.3 Å². The Morgan fingerprint density at radius 2 is 1.85 bits per heavy atom. The van der Waals surface area contributed by atoms with Crippen LogP contribution in [0.3, 0.4) is 0 Å². The maximum atomic E-state index is 12.1. The van der Waals surface area contributed by atoms with Gasteiger partial charge in [-0.05, 0) is 19.4 Å². The number of imidazole rings is 1. The molecule has 0 aliphatic carbocycles. The highest BCUT2D eigenvalue weighted by Crippen LogP contribution is 2.17. The van der Waals surface area contributed by atoms with Crippen molar-refractivity contribution in [1.29, 1.82) is 0 Å². The predicted octanol–water partition coefficient (Wildman–Crippen LogP) is 2.10. The molecule has 0 saturated heterocycles. The number of carboxylic acids is 1. The molecule has 5 heteroatoms. The summed E-state index contributed by atoms with van der Waals surface area (Å²) >= 11 is 0. The highest BCUT2D eigenvalue weighted by molar-refractivity contribution is 5.75. The summed E-state index contributed by atoms with van der Waals surface area (Å²) < 4.78 is 3.04. The van der Waals surface area contributed by atoms with E-state index in [-0.39, 0.29) is 18.3 Å². The molecule has 1 aromatic carbocycles. The molecule has 1 N–H and O–H groups in total. The molecular weight excluding hydrogens is 256 g/mol. The Hall–Kier alpha value is -2.30. The molecule has 5 nitrogen and oxygen atoms in total. The van der Waals surface area contributed by atoms with E-state index in [9.17, 15) is 14.7 Å². The molecule has 0 aliphatic rings. The normalized spacial score (nSPS) is 12.6. The van der Waals surface area contributed by atoms with Crippen molar-refractivity contribution in [3.8, 4) is 0 Å². The summed E-state index contributed by atoms with van der Waals surface area (Å²) in [6.45, 7) is 3.97. The van der Waals surface area contributed by atoms with Crippen LogP contribution in [0.2, 0.25) is 0 Å². The van der Waals surface area contributed by atoms with Gasteiger partial charge < -0.3 is 5.11 Å². The highest BCUT2D eigenvalue weighted by atomic mass is 16.4. The van der Waals surface area contributed by atoms with Crippen molar-refractivity contribution in [2.75, 3.05) is 0 Å². The van der Waals surface area contributed by atoms with Crippen molar-refractivity contribution in [1.82, 2.24) is 9.13 Å². The fourth-order valence-corrected chi connectivity index (χ4v) is 2.17. The van der Waals surface area contributed by atoms with Gasteiger partial charge in [-0.2, -0.15) is 0 Å². The molecule has 0 radical (unpaired) electrons. The maximum Gasteiger partial charge on any atom is 0.328 e. The molecule has 1 atom stereocenters. The van der Waals surface area contributed by atoms with Crippen LogP contribution in [0, 0.1) is 0 Å². The number of nitrogens with zero attached hydrogens (tertiary/aromatic N) is 2. The van der Waals surface area contributed by atoms with Gasteiger partial charge in [0.1, 0.15) is 0 Å². The average molecular weight is 274 g/mol. The van der Waals surface area contributed by atoms with Crippen LogP contribution in [0.4, 0.5) is 0 Å². The predicted molar refractivity (Wildman–Crippen MR) is 75.9 cm³/mol. The first-order chi connectivity index (χ1) is 9.50. The second-order valence-electron chi connectivity index (χ2n) is 5.04. The molecule has 20 heavy (non-hydrogen) atoms. The van der Waals surface area contributed by atoms with Crippen LogP contribution in [0.5, 0.6) is 0 Å². The van der Waals surface area contributed by atoms with Crippen molar-refractivity contribution in [2.45, 2.75) is 32.4 Å². The van der Waals surface area contributed by atoms with Crippen LogP contribution >= 0.6 is 0 Å². The summed E-state index contributed by atoms with van der Waals surface area (Å²) in [5, 5.41) is 9.37. The molecule has 1 heterocycles. The molecule has 0 fully saturated rings. The van der Waals surface area contributed by atoms with Gasteiger partial charge in [0.15, 0.2) is 0 Å². The molecule has 0 amide bonds. The number of carboxylic acid groups (broad SMARTS) is 1. The number of carbonyl (C=O) groups is 1. The van der Waals surface area contributed by atoms with Crippen LogP contribution in [0.1, 0.15) is 31.4 Å². The number of aromatic nitrogens is 2. The Morgan fingerprint density at radius 3 is 2.35 bits per heavy atom. The Balaban J connectivity index is 2.31. The first-order valence-corrected chi connectivity index (χ1v) is 6.55. The van der Waals surface area contributed by atoms with E-state index < -0.39 is 11.9 Å². The molecule has 0 aliphatic heterocycles. The molecule has 2 aromatic rings. The van der Waals surface area contributed by atoms with E-state index in [0.717, 1.165) is 0 Å².